The fraction of sp³-hybridized carbons (Fsp3) is 0.455. The summed E-state index contributed by atoms with van der Waals surface area (Å²) in [6.07, 6.45) is 0. The first-order valence-electron chi connectivity index (χ1n) is 10.1. The van der Waals surface area contributed by atoms with Gasteiger partial charge in [0.2, 0.25) is 5.91 Å². The van der Waals surface area contributed by atoms with E-state index in [9.17, 15) is 9.59 Å². The third-order valence-corrected chi connectivity index (χ3v) is 6.23. The van der Waals surface area contributed by atoms with E-state index in [1.165, 1.54) is 21.8 Å². The van der Waals surface area contributed by atoms with Crippen molar-refractivity contribution >= 4 is 23.2 Å². The molecule has 0 unspecified atom stereocenters. The average Bonchev–Trinajstić information content (AvgIpc) is 3.27. The van der Waals surface area contributed by atoms with E-state index in [0.717, 1.165) is 25.4 Å². The quantitative estimate of drug-likeness (QED) is 0.718. The molecule has 1 saturated heterocycles. The largest absolute Gasteiger partial charge is 0.497 e. The highest BCUT2D eigenvalue weighted by molar-refractivity contribution is 7.12. The van der Waals surface area contributed by atoms with Crippen LogP contribution in [0.5, 0.6) is 5.75 Å². The lowest BCUT2D eigenvalue weighted by molar-refractivity contribution is -0.917. The lowest BCUT2D eigenvalue weighted by Gasteiger charge is -2.35. The number of amides is 2. The van der Waals surface area contributed by atoms with Crippen molar-refractivity contribution in [3.05, 3.63) is 52.2 Å². The zero-order chi connectivity index (χ0) is 20.8. The molecule has 1 aromatic heterocycles. The van der Waals surface area contributed by atoms with Crippen LogP contribution in [0, 0.1) is 5.92 Å². The van der Waals surface area contributed by atoms with Gasteiger partial charge >= 0.3 is 0 Å². The Kier molecular flexibility index (Phi) is 7.28. The van der Waals surface area contributed by atoms with Crippen molar-refractivity contribution < 1.29 is 19.2 Å². The van der Waals surface area contributed by atoms with Gasteiger partial charge < -0.3 is 19.9 Å². The Balaban J connectivity index is 1.53. The predicted octanol–water partition coefficient (Wildman–Crippen LogP) is 1.44. The maximum Gasteiger partial charge on any atom is 0.262 e. The molecule has 6 nitrogen and oxygen atoms in total. The van der Waals surface area contributed by atoms with Gasteiger partial charge in [0.25, 0.3) is 5.91 Å². The van der Waals surface area contributed by atoms with Crippen LogP contribution in [0.2, 0.25) is 0 Å². The molecule has 2 heterocycles. The van der Waals surface area contributed by atoms with E-state index in [4.69, 9.17) is 4.74 Å². The van der Waals surface area contributed by atoms with E-state index in [-0.39, 0.29) is 17.7 Å². The van der Waals surface area contributed by atoms with Crippen molar-refractivity contribution in [2.75, 3.05) is 33.3 Å². The summed E-state index contributed by atoms with van der Waals surface area (Å²) in [6.45, 7) is 8.12. The van der Waals surface area contributed by atoms with Gasteiger partial charge in [0.15, 0.2) is 0 Å². The number of hydrogen-bond acceptors (Lipinski definition) is 4. The molecule has 0 aliphatic carbocycles. The molecule has 2 N–H and O–H groups in total. The number of thiophene rings is 1. The number of benzene rings is 1. The van der Waals surface area contributed by atoms with Crippen LogP contribution in [-0.4, -0.2) is 56.0 Å². The summed E-state index contributed by atoms with van der Waals surface area (Å²) in [4.78, 5) is 29.5. The maximum absolute atomic E-state index is 13.1. The normalized spacial score (nSPS) is 15.9. The molecule has 29 heavy (non-hydrogen) atoms. The molecule has 2 aromatic rings. The van der Waals surface area contributed by atoms with Gasteiger partial charge in [0.1, 0.15) is 18.3 Å². The molecule has 0 saturated carbocycles. The first-order chi connectivity index (χ1) is 14.0. The van der Waals surface area contributed by atoms with Gasteiger partial charge in [-0.1, -0.05) is 19.9 Å². The van der Waals surface area contributed by atoms with Crippen molar-refractivity contribution in [1.82, 2.24) is 10.2 Å². The topological polar surface area (TPSA) is 63.1 Å². The summed E-state index contributed by atoms with van der Waals surface area (Å²) in [6, 6.07) is 11.3. The van der Waals surface area contributed by atoms with Crippen LogP contribution in [0.25, 0.3) is 0 Å². The van der Waals surface area contributed by atoms with Crippen LogP contribution >= 0.6 is 11.3 Å². The summed E-state index contributed by atoms with van der Waals surface area (Å²) >= 11 is 1.39. The number of carbonyl (C=O) groups is 2. The minimum atomic E-state index is -0.493. The SMILES string of the molecule is COc1ccc(C[NH+]2CCN(C(=O)[C@@H](NC(=O)c3cccs3)C(C)C)CC2)cc1. The van der Waals surface area contributed by atoms with E-state index in [0.29, 0.717) is 18.0 Å². The van der Waals surface area contributed by atoms with Crippen molar-refractivity contribution in [3.8, 4) is 5.75 Å². The van der Waals surface area contributed by atoms with Crippen LogP contribution in [-0.2, 0) is 11.3 Å². The zero-order valence-corrected chi connectivity index (χ0v) is 18.1. The van der Waals surface area contributed by atoms with E-state index in [1.807, 2.05) is 42.3 Å². The number of rotatable bonds is 7. The number of hydrogen-bond donors (Lipinski definition) is 2. The molecular weight excluding hydrogens is 386 g/mol. The second-order valence-corrected chi connectivity index (χ2v) is 8.72. The summed E-state index contributed by atoms with van der Waals surface area (Å²) in [5.41, 5.74) is 1.27. The number of piperazine rings is 1. The van der Waals surface area contributed by atoms with Gasteiger partial charge in [-0.05, 0) is 41.6 Å². The third-order valence-electron chi connectivity index (χ3n) is 5.36. The number of nitrogens with one attached hydrogen (secondary N) is 2. The number of nitrogens with zero attached hydrogens (tertiary/aromatic N) is 1. The second kappa shape index (κ2) is 9.89. The molecule has 1 fully saturated rings. The molecular formula is C22H30N3O3S+. The highest BCUT2D eigenvalue weighted by Crippen LogP contribution is 2.13. The molecule has 1 aliphatic heterocycles. The standard InChI is InChI=1S/C22H29N3O3S/c1-16(2)20(23-21(26)19-5-4-14-29-19)22(27)25-12-10-24(11-13-25)15-17-6-8-18(28-3)9-7-17/h4-9,14,16,20H,10-13,15H2,1-3H3,(H,23,26)/p+1/t20-/m0/s1. The van der Waals surface area contributed by atoms with Crippen molar-refractivity contribution in [3.63, 3.8) is 0 Å². The molecule has 0 radical (unpaired) electrons. The number of carbonyl (C=O) groups excluding carboxylic acids is 2. The van der Waals surface area contributed by atoms with Crippen LogP contribution in [0.1, 0.15) is 29.1 Å². The van der Waals surface area contributed by atoms with Crippen LogP contribution in [0.15, 0.2) is 41.8 Å². The minimum absolute atomic E-state index is 0.0217. The van der Waals surface area contributed by atoms with E-state index in [1.54, 1.807) is 13.2 Å². The first-order valence-corrected chi connectivity index (χ1v) is 11.0. The molecule has 3 rings (SSSR count). The number of quaternary nitrogens is 1. The Morgan fingerprint density at radius 1 is 1.17 bits per heavy atom. The van der Waals surface area contributed by atoms with Crippen molar-refractivity contribution in [2.24, 2.45) is 5.92 Å². The number of ether oxygens (including phenoxy) is 1. The Morgan fingerprint density at radius 3 is 2.41 bits per heavy atom. The molecule has 1 aliphatic rings. The van der Waals surface area contributed by atoms with Gasteiger partial charge in [-0.3, -0.25) is 9.59 Å². The fourth-order valence-electron chi connectivity index (χ4n) is 3.58. The van der Waals surface area contributed by atoms with Crippen LogP contribution in [0.4, 0.5) is 0 Å². The van der Waals surface area contributed by atoms with E-state index < -0.39 is 6.04 Å². The predicted molar refractivity (Wildman–Crippen MR) is 114 cm³/mol. The number of methoxy groups -OCH3 is 1. The van der Waals surface area contributed by atoms with Gasteiger partial charge in [-0.2, -0.15) is 0 Å². The second-order valence-electron chi connectivity index (χ2n) is 7.77. The summed E-state index contributed by atoms with van der Waals surface area (Å²) in [5, 5.41) is 4.81. The monoisotopic (exact) mass is 416 g/mol. The molecule has 0 bridgehead atoms. The highest BCUT2D eigenvalue weighted by atomic mass is 32.1. The molecule has 156 valence electrons. The Morgan fingerprint density at radius 2 is 1.86 bits per heavy atom. The van der Waals surface area contributed by atoms with Crippen molar-refractivity contribution in [2.45, 2.75) is 26.4 Å². The first kappa shape index (κ1) is 21.3. The van der Waals surface area contributed by atoms with E-state index >= 15 is 0 Å². The third kappa shape index (κ3) is 5.58. The summed E-state index contributed by atoms with van der Waals surface area (Å²) in [7, 11) is 1.67. The summed E-state index contributed by atoms with van der Waals surface area (Å²) < 4.78 is 5.21. The summed E-state index contributed by atoms with van der Waals surface area (Å²) in [5.74, 6) is 0.754. The molecule has 1 aromatic carbocycles. The lowest BCUT2D eigenvalue weighted by atomic mass is 10.0. The minimum Gasteiger partial charge on any atom is -0.497 e. The van der Waals surface area contributed by atoms with Crippen LogP contribution < -0.4 is 15.0 Å². The molecule has 0 spiro atoms. The Hall–Kier alpha value is -2.38. The van der Waals surface area contributed by atoms with Gasteiger partial charge in [0.05, 0.1) is 38.2 Å². The van der Waals surface area contributed by atoms with Crippen LogP contribution in [0.3, 0.4) is 0 Å². The fourth-order valence-corrected chi connectivity index (χ4v) is 4.21. The Bertz CT molecular complexity index is 797. The van der Waals surface area contributed by atoms with Crippen molar-refractivity contribution in [1.29, 1.82) is 0 Å². The maximum atomic E-state index is 13.1. The van der Waals surface area contributed by atoms with E-state index in [2.05, 4.69) is 17.4 Å². The Labute approximate surface area is 176 Å². The molecule has 2 amide bonds. The van der Waals surface area contributed by atoms with Gasteiger partial charge in [-0.25, -0.2) is 0 Å². The highest BCUT2D eigenvalue weighted by Gasteiger charge is 2.32. The smallest absolute Gasteiger partial charge is 0.262 e. The lowest BCUT2D eigenvalue weighted by Crippen LogP contribution is -3.13. The molecule has 7 heteroatoms. The van der Waals surface area contributed by atoms with Gasteiger partial charge in [0, 0.05) is 5.56 Å². The molecule has 1 atom stereocenters. The average molecular weight is 417 g/mol. The van der Waals surface area contributed by atoms with Gasteiger partial charge in [-0.15, -0.1) is 11.3 Å². The zero-order valence-electron chi connectivity index (χ0n) is 17.3.